The summed E-state index contributed by atoms with van der Waals surface area (Å²) in [6.07, 6.45) is 1.40. The highest BCUT2D eigenvalue weighted by molar-refractivity contribution is 5.61. The smallest absolute Gasteiger partial charge is 0.0713 e. The van der Waals surface area contributed by atoms with E-state index in [-0.39, 0.29) is 6.04 Å². The fraction of sp³-hybridized carbons (Fsp3) is 0.833. The van der Waals surface area contributed by atoms with Crippen LogP contribution in [0.1, 0.15) is 0 Å². The van der Waals surface area contributed by atoms with Gasteiger partial charge in [-0.05, 0) is 7.05 Å². The van der Waals surface area contributed by atoms with E-state index < -0.39 is 0 Å². The van der Waals surface area contributed by atoms with Gasteiger partial charge in [-0.2, -0.15) is 0 Å². The number of nitrogens with zero attached hydrogens (tertiary/aromatic N) is 2. The van der Waals surface area contributed by atoms with Gasteiger partial charge < -0.3 is 10.3 Å². The van der Waals surface area contributed by atoms with E-state index in [0.717, 1.165) is 19.6 Å². The molecular weight excluding hydrogens is 128 g/mol. The van der Waals surface area contributed by atoms with Gasteiger partial charge in [-0.1, -0.05) is 0 Å². The van der Waals surface area contributed by atoms with Gasteiger partial charge in [0.25, 0.3) is 0 Å². The molecule has 0 spiro atoms. The second-order valence-corrected chi connectivity index (χ2v) is 2.73. The average Bonchev–Trinajstić information content (AvgIpc) is 1.94. The third kappa shape index (κ3) is 1.53. The molecule has 4 heteroatoms. The first-order valence-electron chi connectivity index (χ1n) is 3.44. The molecule has 58 valence electrons. The van der Waals surface area contributed by atoms with Crippen molar-refractivity contribution in [3.05, 3.63) is 0 Å². The molecule has 0 saturated carbocycles. The molecule has 0 radical (unpaired) electrons. The summed E-state index contributed by atoms with van der Waals surface area (Å²) in [5, 5.41) is 8.76. The van der Waals surface area contributed by atoms with Gasteiger partial charge in [-0.15, -0.1) is 0 Å². The number of rotatable bonds is 1. The summed E-state index contributed by atoms with van der Waals surface area (Å²) in [4.78, 5) is 2.18. The Balaban J connectivity index is 2.45. The van der Waals surface area contributed by atoms with Gasteiger partial charge in [0.15, 0.2) is 0 Å². The summed E-state index contributed by atoms with van der Waals surface area (Å²) in [7, 11) is 2.05. The molecule has 1 atom stereocenters. The Labute approximate surface area is 61.1 Å². The second-order valence-electron chi connectivity index (χ2n) is 2.73. The van der Waals surface area contributed by atoms with E-state index in [9.17, 15) is 0 Å². The monoisotopic (exact) mass is 142 g/mol. The zero-order chi connectivity index (χ0) is 7.56. The number of nitrogens with one attached hydrogen (secondary N) is 1. The molecule has 1 unspecified atom stereocenters. The summed E-state index contributed by atoms with van der Waals surface area (Å²) >= 11 is 0. The Bertz CT molecular complexity index is 125. The molecule has 1 aliphatic rings. The predicted octanol–water partition coefficient (Wildman–Crippen LogP) is -0.874. The predicted molar refractivity (Wildman–Crippen MR) is 41.0 cm³/mol. The van der Waals surface area contributed by atoms with E-state index in [1.807, 2.05) is 7.05 Å². The van der Waals surface area contributed by atoms with Crippen molar-refractivity contribution in [1.82, 2.24) is 9.91 Å². The number of piperazine rings is 1. The minimum absolute atomic E-state index is 0.110. The van der Waals surface area contributed by atoms with Crippen molar-refractivity contribution in [1.29, 1.82) is 5.41 Å². The summed E-state index contributed by atoms with van der Waals surface area (Å²) in [5.41, 5.74) is 0. The molecule has 0 bridgehead atoms. The third-order valence-electron chi connectivity index (χ3n) is 1.86. The van der Waals surface area contributed by atoms with Crippen LogP contribution in [0.3, 0.4) is 0 Å². The first-order chi connectivity index (χ1) is 4.74. The van der Waals surface area contributed by atoms with Gasteiger partial charge in [0, 0.05) is 25.8 Å². The molecule has 0 aromatic rings. The highest BCUT2D eigenvalue weighted by Gasteiger charge is 2.19. The van der Waals surface area contributed by atoms with Crippen LogP contribution < -0.4 is 5.84 Å². The molecule has 1 saturated heterocycles. The number of hydrazine groups is 1. The molecule has 1 heterocycles. The highest BCUT2D eigenvalue weighted by Crippen LogP contribution is 2.00. The van der Waals surface area contributed by atoms with E-state index in [1.54, 1.807) is 5.01 Å². The molecule has 1 aliphatic heterocycles. The van der Waals surface area contributed by atoms with Crippen LogP contribution in [0.15, 0.2) is 0 Å². The Kier molecular flexibility index (Phi) is 2.37. The molecule has 1 rings (SSSR count). The van der Waals surface area contributed by atoms with E-state index in [4.69, 9.17) is 11.3 Å². The molecule has 0 aromatic carbocycles. The maximum Gasteiger partial charge on any atom is 0.0713 e. The van der Waals surface area contributed by atoms with Crippen molar-refractivity contribution in [2.75, 3.05) is 26.7 Å². The fourth-order valence-electron chi connectivity index (χ4n) is 1.12. The Morgan fingerprint density at radius 1 is 1.60 bits per heavy atom. The maximum absolute atomic E-state index is 7.04. The third-order valence-corrected chi connectivity index (χ3v) is 1.86. The van der Waals surface area contributed by atoms with E-state index >= 15 is 0 Å². The van der Waals surface area contributed by atoms with Crippen LogP contribution in [0.25, 0.3) is 0 Å². The number of nitrogens with two attached hydrogens (primary N) is 1. The molecular formula is C6H14N4. The Morgan fingerprint density at radius 2 is 2.30 bits per heavy atom. The Morgan fingerprint density at radius 3 is 2.80 bits per heavy atom. The van der Waals surface area contributed by atoms with Crippen molar-refractivity contribution >= 4 is 6.21 Å². The largest absolute Gasteiger partial charge is 0.311 e. The van der Waals surface area contributed by atoms with Crippen LogP contribution in [-0.4, -0.2) is 48.8 Å². The lowest BCUT2D eigenvalue weighted by molar-refractivity contribution is 0.128. The van der Waals surface area contributed by atoms with Gasteiger partial charge in [0.05, 0.1) is 6.04 Å². The lowest BCUT2D eigenvalue weighted by atomic mass is 10.2. The van der Waals surface area contributed by atoms with E-state index in [2.05, 4.69) is 4.90 Å². The van der Waals surface area contributed by atoms with Crippen molar-refractivity contribution in [3.8, 4) is 0 Å². The molecule has 4 nitrogen and oxygen atoms in total. The minimum Gasteiger partial charge on any atom is -0.311 e. The van der Waals surface area contributed by atoms with Crippen molar-refractivity contribution in [2.24, 2.45) is 5.84 Å². The Hall–Kier alpha value is -0.450. The van der Waals surface area contributed by atoms with Gasteiger partial charge in [0.1, 0.15) is 0 Å². The van der Waals surface area contributed by atoms with Crippen molar-refractivity contribution in [2.45, 2.75) is 6.04 Å². The van der Waals surface area contributed by atoms with Crippen LogP contribution in [0.5, 0.6) is 0 Å². The molecule has 3 N–H and O–H groups in total. The molecule has 10 heavy (non-hydrogen) atoms. The van der Waals surface area contributed by atoms with Crippen LogP contribution in [0.4, 0.5) is 0 Å². The van der Waals surface area contributed by atoms with Crippen LogP contribution >= 0.6 is 0 Å². The van der Waals surface area contributed by atoms with Crippen LogP contribution in [-0.2, 0) is 0 Å². The first-order valence-corrected chi connectivity index (χ1v) is 3.44. The number of hydrogen-bond donors (Lipinski definition) is 2. The summed E-state index contributed by atoms with van der Waals surface area (Å²) in [5.74, 6) is 5.61. The number of hydrogen-bond acceptors (Lipinski definition) is 4. The second kappa shape index (κ2) is 3.09. The van der Waals surface area contributed by atoms with E-state index in [1.165, 1.54) is 6.21 Å². The summed E-state index contributed by atoms with van der Waals surface area (Å²) in [6.45, 7) is 2.73. The lowest BCUT2D eigenvalue weighted by Gasteiger charge is -2.34. The maximum atomic E-state index is 7.04. The normalized spacial score (nSPS) is 30.4. The molecule has 0 amide bonds. The van der Waals surface area contributed by atoms with Crippen molar-refractivity contribution in [3.63, 3.8) is 0 Å². The van der Waals surface area contributed by atoms with Gasteiger partial charge in [0.2, 0.25) is 0 Å². The molecule has 0 aliphatic carbocycles. The average molecular weight is 142 g/mol. The zero-order valence-corrected chi connectivity index (χ0v) is 6.25. The molecule has 1 fully saturated rings. The van der Waals surface area contributed by atoms with Crippen LogP contribution in [0.2, 0.25) is 0 Å². The van der Waals surface area contributed by atoms with Crippen LogP contribution in [0, 0.1) is 5.41 Å². The topological polar surface area (TPSA) is 56.4 Å². The first kappa shape index (κ1) is 7.65. The highest BCUT2D eigenvalue weighted by atomic mass is 15.5. The standard InChI is InChI=1S/C6H14N4/c1-9-2-3-10(8)6(4-7)5-9/h4,6-7H,2-3,5,8H2,1H3. The van der Waals surface area contributed by atoms with Gasteiger partial charge in [-0.3, -0.25) is 5.84 Å². The number of likely N-dealkylation sites (N-methyl/N-ethyl adjacent to an activating group) is 1. The lowest BCUT2D eigenvalue weighted by Crippen LogP contribution is -2.55. The summed E-state index contributed by atoms with van der Waals surface area (Å²) in [6, 6.07) is 0.110. The van der Waals surface area contributed by atoms with E-state index in [0.29, 0.717) is 0 Å². The summed E-state index contributed by atoms with van der Waals surface area (Å²) < 4.78 is 0. The van der Waals surface area contributed by atoms with Gasteiger partial charge in [-0.25, -0.2) is 5.01 Å². The zero-order valence-electron chi connectivity index (χ0n) is 6.25. The van der Waals surface area contributed by atoms with Gasteiger partial charge >= 0.3 is 0 Å². The van der Waals surface area contributed by atoms with Crippen molar-refractivity contribution < 1.29 is 0 Å². The quantitative estimate of drug-likeness (QED) is 0.369. The SMILES string of the molecule is CN1CCN(N)C(C=N)C1. The fourth-order valence-corrected chi connectivity index (χ4v) is 1.12. The minimum atomic E-state index is 0.110. The molecule has 0 aromatic heterocycles.